The minimum absolute atomic E-state index is 0.166. The fraction of sp³-hybridized carbons (Fsp3) is 0.115. The number of methoxy groups -OCH3 is 2. The normalized spacial score (nSPS) is 10.6. The summed E-state index contributed by atoms with van der Waals surface area (Å²) in [6.07, 6.45) is 1.32. The van der Waals surface area contributed by atoms with Gasteiger partial charge in [-0.15, -0.1) is 0 Å². The molecule has 0 unspecified atom stereocenters. The maximum atomic E-state index is 12.6. The highest BCUT2D eigenvalue weighted by Crippen LogP contribution is 2.37. The molecule has 0 saturated heterocycles. The molecule has 11 nitrogen and oxygen atoms in total. The molecule has 3 aromatic rings. The SMILES string of the molecule is COc1ccccc1NC(=O)COc1c(Br)cc(/C=C(/C#N)C(=O)Nc2cccc([N+](=O)[O-])c2)cc1OC. The fourth-order valence-corrected chi connectivity index (χ4v) is 3.82. The van der Waals surface area contributed by atoms with Gasteiger partial charge in [-0.2, -0.15) is 5.26 Å². The van der Waals surface area contributed by atoms with E-state index in [-0.39, 0.29) is 35.1 Å². The summed E-state index contributed by atoms with van der Waals surface area (Å²) in [5.41, 5.74) is 0.619. The van der Waals surface area contributed by atoms with Crippen molar-refractivity contribution in [3.8, 4) is 23.3 Å². The summed E-state index contributed by atoms with van der Waals surface area (Å²) in [7, 11) is 2.89. The summed E-state index contributed by atoms with van der Waals surface area (Å²) in [6, 6.07) is 17.2. The van der Waals surface area contributed by atoms with Gasteiger partial charge in [-0.1, -0.05) is 18.2 Å². The van der Waals surface area contributed by atoms with Crippen molar-refractivity contribution in [1.82, 2.24) is 0 Å². The first-order valence-electron chi connectivity index (χ1n) is 10.9. The largest absolute Gasteiger partial charge is 0.495 e. The van der Waals surface area contributed by atoms with Crippen LogP contribution in [0.25, 0.3) is 6.08 Å². The van der Waals surface area contributed by atoms with Crippen LogP contribution in [0.2, 0.25) is 0 Å². The number of carbonyl (C=O) groups excluding carboxylic acids is 2. The Hall–Kier alpha value is -4.89. The van der Waals surface area contributed by atoms with Crippen LogP contribution in [0.3, 0.4) is 0 Å². The molecule has 12 heteroatoms. The van der Waals surface area contributed by atoms with Crippen molar-refractivity contribution in [2.24, 2.45) is 0 Å². The van der Waals surface area contributed by atoms with Crippen molar-refractivity contribution < 1.29 is 28.7 Å². The molecule has 194 valence electrons. The van der Waals surface area contributed by atoms with Crippen LogP contribution in [0.5, 0.6) is 17.2 Å². The highest BCUT2D eigenvalue weighted by molar-refractivity contribution is 9.10. The Morgan fingerprint density at radius 1 is 1.05 bits per heavy atom. The van der Waals surface area contributed by atoms with Gasteiger partial charge in [0.1, 0.15) is 17.4 Å². The summed E-state index contributed by atoms with van der Waals surface area (Å²) in [5, 5.41) is 25.7. The molecule has 0 atom stereocenters. The van der Waals surface area contributed by atoms with Gasteiger partial charge in [0, 0.05) is 17.8 Å². The van der Waals surface area contributed by atoms with Crippen molar-refractivity contribution in [3.63, 3.8) is 0 Å². The molecular weight excluding hydrogens is 560 g/mol. The Bertz CT molecular complexity index is 1450. The number of nitro groups is 1. The molecule has 2 N–H and O–H groups in total. The molecule has 0 spiro atoms. The third-order valence-corrected chi connectivity index (χ3v) is 5.56. The number of hydrogen-bond donors (Lipinski definition) is 2. The Balaban J connectivity index is 1.75. The molecule has 3 rings (SSSR count). The van der Waals surface area contributed by atoms with Gasteiger partial charge in [-0.05, 0) is 57.9 Å². The Morgan fingerprint density at radius 2 is 1.79 bits per heavy atom. The van der Waals surface area contributed by atoms with E-state index in [0.29, 0.717) is 21.5 Å². The van der Waals surface area contributed by atoms with Gasteiger partial charge in [-0.25, -0.2) is 0 Å². The van der Waals surface area contributed by atoms with E-state index in [1.54, 1.807) is 30.3 Å². The van der Waals surface area contributed by atoms with Crippen LogP contribution in [-0.4, -0.2) is 37.6 Å². The first-order valence-corrected chi connectivity index (χ1v) is 11.7. The highest BCUT2D eigenvalue weighted by Gasteiger charge is 2.16. The predicted molar refractivity (Wildman–Crippen MR) is 143 cm³/mol. The van der Waals surface area contributed by atoms with E-state index < -0.39 is 16.7 Å². The predicted octanol–water partition coefficient (Wildman–Crippen LogP) is 4.94. The van der Waals surface area contributed by atoms with E-state index in [1.807, 2.05) is 6.07 Å². The Morgan fingerprint density at radius 3 is 2.47 bits per heavy atom. The average molecular weight is 581 g/mol. The second-order valence-corrected chi connectivity index (χ2v) is 8.36. The molecule has 0 aliphatic heterocycles. The lowest BCUT2D eigenvalue weighted by molar-refractivity contribution is -0.384. The molecule has 3 aromatic carbocycles. The van der Waals surface area contributed by atoms with Gasteiger partial charge >= 0.3 is 0 Å². The summed E-state index contributed by atoms with van der Waals surface area (Å²) < 4.78 is 16.7. The third-order valence-electron chi connectivity index (χ3n) is 4.97. The third kappa shape index (κ3) is 7.08. The molecule has 0 fully saturated rings. The maximum Gasteiger partial charge on any atom is 0.271 e. The summed E-state index contributed by atoms with van der Waals surface area (Å²) in [5.74, 6) is -0.210. The lowest BCUT2D eigenvalue weighted by Crippen LogP contribution is -2.20. The van der Waals surface area contributed by atoms with Crippen LogP contribution in [0.15, 0.2) is 70.7 Å². The number of nitriles is 1. The average Bonchev–Trinajstić information content (AvgIpc) is 2.91. The zero-order chi connectivity index (χ0) is 27.7. The molecule has 0 radical (unpaired) electrons. The minimum Gasteiger partial charge on any atom is -0.495 e. The number of para-hydroxylation sites is 2. The van der Waals surface area contributed by atoms with Crippen LogP contribution >= 0.6 is 15.9 Å². The van der Waals surface area contributed by atoms with Crippen molar-refractivity contribution in [2.45, 2.75) is 0 Å². The number of nitrogens with one attached hydrogen (secondary N) is 2. The number of rotatable bonds is 10. The van der Waals surface area contributed by atoms with Gasteiger partial charge in [0.05, 0.1) is 29.3 Å². The lowest BCUT2D eigenvalue weighted by atomic mass is 10.1. The molecule has 0 aliphatic rings. The number of amides is 2. The minimum atomic E-state index is -0.753. The number of benzene rings is 3. The standard InChI is InChI=1S/C26H21BrN4O7/c1-36-22-9-4-3-8-21(22)30-24(32)15-38-25-20(27)11-16(12-23(25)37-2)10-17(14-28)26(33)29-18-6-5-7-19(13-18)31(34)35/h3-13H,15H2,1-2H3,(H,29,33)(H,30,32)/b17-10-. The molecule has 0 saturated carbocycles. The van der Waals surface area contributed by atoms with Gasteiger partial charge in [-0.3, -0.25) is 19.7 Å². The molecule has 38 heavy (non-hydrogen) atoms. The molecular formula is C26H21BrN4O7. The van der Waals surface area contributed by atoms with Crippen LogP contribution in [0.1, 0.15) is 5.56 Å². The smallest absolute Gasteiger partial charge is 0.271 e. The number of carbonyl (C=O) groups is 2. The second-order valence-electron chi connectivity index (χ2n) is 7.50. The summed E-state index contributed by atoms with van der Waals surface area (Å²) in [4.78, 5) is 35.4. The molecule has 0 heterocycles. The highest BCUT2D eigenvalue weighted by atomic mass is 79.9. The maximum absolute atomic E-state index is 12.6. The van der Waals surface area contributed by atoms with Gasteiger partial charge in [0.25, 0.3) is 17.5 Å². The number of anilines is 2. The van der Waals surface area contributed by atoms with Crippen LogP contribution in [-0.2, 0) is 9.59 Å². The number of hydrogen-bond acceptors (Lipinski definition) is 8. The van der Waals surface area contributed by atoms with Crippen LogP contribution < -0.4 is 24.8 Å². The number of nitrogens with zero attached hydrogens (tertiary/aromatic N) is 2. The van der Waals surface area contributed by atoms with E-state index in [1.165, 1.54) is 50.6 Å². The van der Waals surface area contributed by atoms with E-state index in [0.717, 1.165) is 0 Å². The van der Waals surface area contributed by atoms with Crippen LogP contribution in [0, 0.1) is 21.4 Å². The molecule has 0 aromatic heterocycles. The molecule has 2 amide bonds. The number of ether oxygens (including phenoxy) is 3. The fourth-order valence-electron chi connectivity index (χ4n) is 3.25. The molecule has 0 bridgehead atoms. The van der Waals surface area contributed by atoms with Gasteiger partial charge < -0.3 is 24.8 Å². The first-order chi connectivity index (χ1) is 18.2. The zero-order valence-corrected chi connectivity index (χ0v) is 21.8. The van der Waals surface area contributed by atoms with E-state index in [9.17, 15) is 25.0 Å². The number of nitro benzene ring substituents is 1. The Kier molecular flexibility index (Phi) is 9.39. The number of non-ortho nitro benzene ring substituents is 1. The lowest BCUT2D eigenvalue weighted by Gasteiger charge is -2.14. The van der Waals surface area contributed by atoms with E-state index >= 15 is 0 Å². The van der Waals surface area contributed by atoms with Crippen molar-refractivity contribution in [3.05, 3.63) is 86.4 Å². The zero-order valence-electron chi connectivity index (χ0n) is 20.2. The monoisotopic (exact) mass is 580 g/mol. The summed E-state index contributed by atoms with van der Waals surface area (Å²) in [6.45, 7) is -0.336. The topological polar surface area (TPSA) is 153 Å². The van der Waals surface area contributed by atoms with E-state index in [2.05, 4.69) is 26.6 Å². The first kappa shape index (κ1) is 27.7. The van der Waals surface area contributed by atoms with E-state index in [4.69, 9.17) is 14.2 Å². The van der Waals surface area contributed by atoms with Crippen molar-refractivity contribution in [2.75, 3.05) is 31.5 Å². The second kappa shape index (κ2) is 12.9. The number of halogens is 1. The van der Waals surface area contributed by atoms with Crippen molar-refractivity contribution in [1.29, 1.82) is 5.26 Å². The summed E-state index contributed by atoms with van der Waals surface area (Å²) >= 11 is 3.37. The molecule has 0 aliphatic carbocycles. The van der Waals surface area contributed by atoms with Gasteiger partial charge in [0.2, 0.25) is 0 Å². The van der Waals surface area contributed by atoms with Crippen molar-refractivity contribution >= 4 is 50.9 Å². The van der Waals surface area contributed by atoms with Crippen LogP contribution in [0.4, 0.5) is 17.1 Å². The van der Waals surface area contributed by atoms with Gasteiger partial charge in [0.15, 0.2) is 18.1 Å². The quantitative estimate of drug-likeness (QED) is 0.148. The Labute approximate surface area is 225 Å².